The molecule has 1 aliphatic heterocycles. The number of amides is 1. The van der Waals surface area contributed by atoms with Crippen LogP contribution in [0.4, 0.5) is 31.0 Å². The van der Waals surface area contributed by atoms with Crippen LogP contribution in [0.2, 0.25) is 0 Å². The highest BCUT2D eigenvalue weighted by Crippen LogP contribution is 2.17. The standard InChI is InChI=1S/C18H23F3N8O/c19-18(20,21)11-25-16-27-15(24-10-7-12-5-1-3-8-22-12)28-17(29-16)26-13-6-2-4-9-23-14(13)30/h1,3,5,8,13H,2,4,6-7,9-11H2,(H,23,30)(H3,24,25,26,27,28,29). The van der Waals surface area contributed by atoms with Crippen molar-refractivity contribution in [1.82, 2.24) is 25.3 Å². The van der Waals surface area contributed by atoms with Crippen molar-refractivity contribution in [2.45, 2.75) is 37.9 Å². The summed E-state index contributed by atoms with van der Waals surface area (Å²) in [6.07, 6.45) is 0.0950. The van der Waals surface area contributed by atoms with Gasteiger partial charge >= 0.3 is 6.18 Å². The highest BCUT2D eigenvalue weighted by Gasteiger charge is 2.27. The Morgan fingerprint density at radius 3 is 2.57 bits per heavy atom. The van der Waals surface area contributed by atoms with Gasteiger partial charge in [0.05, 0.1) is 0 Å². The van der Waals surface area contributed by atoms with E-state index in [0.717, 1.165) is 18.5 Å². The van der Waals surface area contributed by atoms with Gasteiger partial charge in [-0.3, -0.25) is 9.78 Å². The van der Waals surface area contributed by atoms with Crippen molar-refractivity contribution in [3.63, 3.8) is 0 Å². The summed E-state index contributed by atoms with van der Waals surface area (Å²) >= 11 is 0. The van der Waals surface area contributed by atoms with Crippen molar-refractivity contribution in [2.75, 3.05) is 35.6 Å². The van der Waals surface area contributed by atoms with E-state index >= 15 is 0 Å². The molecule has 9 nitrogen and oxygen atoms in total. The SMILES string of the molecule is O=C1NCCCCC1Nc1nc(NCCc2ccccn2)nc(NCC(F)(F)F)n1. The maximum Gasteiger partial charge on any atom is 0.405 e. The minimum atomic E-state index is -4.42. The molecule has 0 aromatic carbocycles. The van der Waals surface area contributed by atoms with Crippen molar-refractivity contribution in [3.05, 3.63) is 30.1 Å². The molecule has 1 fully saturated rings. The summed E-state index contributed by atoms with van der Waals surface area (Å²) in [6, 6.07) is 4.97. The second-order valence-electron chi connectivity index (χ2n) is 6.76. The van der Waals surface area contributed by atoms with Crippen molar-refractivity contribution < 1.29 is 18.0 Å². The molecule has 1 unspecified atom stereocenters. The number of halogens is 3. The van der Waals surface area contributed by atoms with Gasteiger partial charge in [0.25, 0.3) is 0 Å². The van der Waals surface area contributed by atoms with Crippen LogP contribution >= 0.6 is 0 Å². The van der Waals surface area contributed by atoms with Gasteiger partial charge in [-0.25, -0.2) is 0 Å². The van der Waals surface area contributed by atoms with E-state index in [1.54, 1.807) is 6.20 Å². The molecule has 0 radical (unpaired) electrons. The predicted octanol–water partition coefficient (Wildman–Crippen LogP) is 1.98. The molecule has 4 N–H and O–H groups in total. The zero-order chi connectivity index (χ0) is 21.4. The molecule has 2 aromatic rings. The monoisotopic (exact) mass is 424 g/mol. The number of aromatic nitrogens is 4. The number of nitrogens with zero attached hydrogens (tertiary/aromatic N) is 4. The van der Waals surface area contributed by atoms with Crippen LogP contribution in [0.25, 0.3) is 0 Å². The zero-order valence-corrected chi connectivity index (χ0v) is 16.2. The third kappa shape index (κ3) is 7.01. The van der Waals surface area contributed by atoms with Gasteiger partial charge in [0.1, 0.15) is 12.6 Å². The van der Waals surface area contributed by atoms with E-state index in [2.05, 4.69) is 41.2 Å². The second kappa shape index (κ2) is 10.0. The maximum absolute atomic E-state index is 12.6. The summed E-state index contributed by atoms with van der Waals surface area (Å²) in [5.74, 6) is -0.305. The third-order valence-electron chi connectivity index (χ3n) is 4.31. The summed E-state index contributed by atoms with van der Waals surface area (Å²) in [7, 11) is 0. The number of carbonyl (C=O) groups excluding carboxylic acids is 1. The van der Waals surface area contributed by atoms with E-state index in [1.165, 1.54) is 0 Å². The fraction of sp³-hybridized carbons (Fsp3) is 0.500. The van der Waals surface area contributed by atoms with Crippen LogP contribution < -0.4 is 21.3 Å². The van der Waals surface area contributed by atoms with Crippen LogP contribution in [-0.2, 0) is 11.2 Å². The number of pyridine rings is 1. The topological polar surface area (TPSA) is 117 Å². The highest BCUT2D eigenvalue weighted by atomic mass is 19.4. The molecule has 1 aliphatic rings. The number of anilines is 3. The predicted molar refractivity (Wildman–Crippen MR) is 105 cm³/mol. The maximum atomic E-state index is 12.6. The van der Waals surface area contributed by atoms with Crippen molar-refractivity contribution >= 4 is 23.8 Å². The molecule has 2 aromatic heterocycles. The minimum absolute atomic E-state index is 0.0251. The van der Waals surface area contributed by atoms with Gasteiger partial charge in [-0.1, -0.05) is 6.07 Å². The average molecular weight is 424 g/mol. The van der Waals surface area contributed by atoms with Gasteiger partial charge < -0.3 is 21.3 Å². The molecule has 1 amide bonds. The first-order valence-electron chi connectivity index (χ1n) is 9.64. The summed E-state index contributed by atoms with van der Waals surface area (Å²) < 4.78 is 37.7. The lowest BCUT2D eigenvalue weighted by atomic mass is 10.1. The summed E-state index contributed by atoms with van der Waals surface area (Å²) in [6.45, 7) is -0.274. The number of hydrogen-bond donors (Lipinski definition) is 4. The van der Waals surface area contributed by atoms with Crippen LogP contribution in [0, 0.1) is 0 Å². The van der Waals surface area contributed by atoms with Crippen LogP contribution in [0.15, 0.2) is 24.4 Å². The lowest BCUT2D eigenvalue weighted by Gasteiger charge is -2.17. The molecule has 3 rings (SSSR count). The Bertz CT molecular complexity index is 834. The van der Waals surface area contributed by atoms with Crippen LogP contribution in [0.3, 0.4) is 0 Å². The summed E-state index contributed by atoms with van der Waals surface area (Å²) in [5, 5.41) is 10.8. The smallest absolute Gasteiger partial charge is 0.354 e. The molecule has 1 atom stereocenters. The minimum Gasteiger partial charge on any atom is -0.354 e. The number of hydrogen-bond acceptors (Lipinski definition) is 8. The van der Waals surface area contributed by atoms with E-state index in [0.29, 0.717) is 25.9 Å². The molecular formula is C18H23F3N8O. The lowest BCUT2D eigenvalue weighted by Crippen LogP contribution is -2.38. The molecule has 3 heterocycles. The highest BCUT2D eigenvalue weighted by molar-refractivity contribution is 5.84. The van der Waals surface area contributed by atoms with Gasteiger partial charge in [-0.2, -0.15) is 28.1 Å². The molecule has 0 saturated carbocycles. The molecule has 162 valence electrons. The zero-order valence-electron chi connectivity index (χ0n) is 16.2. The number of alkyl halides is 3. The first kappa shape index (κ1) is 21.5. The Balaban J connectivity index is 1.71. The van der Waals surface area contributed by atoms with E-state index in [-0.39, 0.29) is 23.8 Å². The quantitative estimate of drug-likeness (QED) is 0.508. The molecule has 0 bridgehead atoms. The Kier molecular flexibility index (Phi) is 7.20. The fourth-order valence-electron chi connectivity index (χ4n) is 2.86. The molecule has 12 heteroatoms. The van der Waals surface area contributed by atoms with E-state index in [4.69, 9.17) is 0 Å². The number of nitrogens with one attached hydrogen (secondary N) is 4. The molecule has 1 saturated heterocycles. The van der Waals surface area contributed by atoms with Crippen LogP contribution in [-0.4, -0.2) is 57.7 Å². The molecule has 0 spiro atoms. The lowest BCUT2D eigenvalue weighted by molar-refractivity contribution is -0.121. The Hall–Kier alpha value is -3.18. The van der Waals surface area contributed by atoms with Crippen LogP contribution in [0.5, 0.6) is 0 Å². The van der Waals surface area contributed by atoms with E-state index in [9.17, 15) is 18.0 Å². The van der Waals surface area contributed by atoms with Crippen molar-refractivity contribution in [1.29, 1.82) is 0 Å². The van der Waals surface area contributed by atoms with Crippen molar-refractivity contribution in [2.24, 2.45) is 0 Å². The number of rotatable bonds is 8. The van der Waals surface area contributed by atoms with Gasteiger partial charge in [0, 0.05) is 31.4 Å². The van der Waals surface area contributed by atoms with Crippen LogP contribution in [0.1, 0.15) is 25.0 Å². The second-order valence-corrected chi connectivity index (χ2v) is 6.76. The fourth-order valence-corrected chi connectivity index (χ4v) is 2.86. The van der Waals surface area contributed by atoms with E-state index < -0.39 is 18.8 Å². The van der Waals surface area contributed by atoms with Gasteiger partial charge in [0.15, 0.2) is 0 Å². The normalized spacial score (nSPS) is 17.0. The molecule has 30 heavy (non-hydrogen) atoms. The summed E-state index contributed by atoms with van der Waals surface area (Å²) in [4.78, 5) is 28.5. The number of carbonyl (C=O) groups is 1. The largest absolute Gasteiger partial charge is 0.405 e. The Morgan fingerprint density at radius 2 is 1.83 bits per heavy atom. The Labute approximate surface area is 171 Å². The van der Waals surface area contributed by atoms with Crippen molar-refractivity contribution in [3.8, 4) is 0 Å². The Morgan fingerprint density at radius 1 is 1.07 bits per heavy atom. The van der Waals surface area contributed by atoms with E-state index in [1.807, 2.05) is 18.2 Å². The molecular weight excluding hydrogens is 401 g/mol. The van der Waals surface area contributed by atoms with Gasteiger partial charge in [-0.05, 0) is 31.4 Å². The average Bonchev–Trinajstić information content (AvgIpc) is 2.91. The first-order valence-corrected chi connectivity index (χ1v) is 9.64. The van der Waals surface area contributed by atoms with Gasteiger partial charge in [0.2, 0.25) is 23.8 Å². The molecule has 0 aliphatic carbocycles. The third-order valence-corrected chi connectivity index (χ3v) is 4.31. The summed E-state index contributed by atoms with van der Waals surface area (Å²) in [5.41, 5.74) is 0.850. The van der Waals surface area contributed by atoms with Gasteiger partial charge in [-0.15, -0.1) is 0 Å². The first-order chi connectivity index (χ1) is 14.4.